The first-order valence-electron chi connectivity index (χ1n) is 8.72. The summed E-state index contributed by atoms with van der Waals surface area (Å²) in [6.07, 6.45) is 0.266. The highest BCUT2D eigenvalue weighted by Gasteiger charge is 2.20. The number of hydrogen-bond donors (Lipinski definition) is 2. The first-order chi connectivity index (χ1) is 12.2. The van der Waals surface area contributed by atoms with Crippen molar-refractivity contribution in [2.75, 3.05) is 27.5 Å². The predicted molar refractivity (Wildman–Crippen MR) is 100 cm³/mol. The minimum Gasteiger partial charge on any atom is -0.468 e. The van der Waals surface area contributed by atoms with Crippen LogP contribution in [0.2, 0.25) is 0 Å². The zero-order valence-electron chi connectivity index (χ0n) is 16.4. The largest absolute Gasteiger partial charge is 0.468 e. The minimum absolute atomic E-state index is 0.145. The van der Waals surface area contributed by atoms with Crippen LogP contribution in [-0.4, -0.2) is 55.3 Å². The van der Waals surface area contributed by atoms with E-state index >= 15 is 0 Å². The minimum atomic E-state index is -0.553. The molecule has 0 aliphatic heterocycles. The molecule has 0 unspecified atom stereocenters. The predicted octanol–water partition coefficient (Wildman–Crippen LogP) is 2.29. The summed E-state index contributed by atoms with van der Waals surface area (Å²) in [4.78, 5) is 13.8. The van der Waals surface area contributed by atoms with Crippen LogP contribution in [0, 0.1) is 0 Å². The van der Waals surface area contributed by atoms with Crippen molar-refractivity contribution in [3.8, 4) is 5.75 Å². The van der Waals surface area contributed by atoms with Crippen LogP contribution >= 0.6 is 0 Å². The highest BCUT2D eigenvalue weighted by Crippen LogP contribution is 2.22. The van der Waals surface area contributed by atoms with E-state index in [0.717, 1.165) is 11.1 Å². The second-order valence-electron chi connectivity index (χ2n) is 7.25. The van der Waals surface area contributed by atoms with E-state index in [4.69, 9.17) is 19.9 Å². The summed E-state index contributed by atoms with van der Waals surface area (Å²) in [5.74, 6) is 0.655. The van der Waals surface area contributed by atoms with Gasteiger partial charge in [0.25, 0.3) is 0 Å². The van der Waals surface area contributed by atoms with Crippen molar-refractivity contribution in [2.24, 2.45) is 5.73 Å². The van der Waals surface area contributed by atoms with Crippen LogP contribution in [0.15, 0.2) is 18.2 Å². The van der Waals surface area contributed by atoms with Gasteiger partial charge in [-0.25, -0.2) is 4.79 Å². The number of carbonyl (C=O) groups excluding carboxylic acids is 1. The summed E-state index contributed by atoms with van der Waals surface area (Å²) in [6, 6.07) is 5.66. The Morgan fingerprint density at radius 3 is 2.58 bits per heavy atom. The summed E-state index contributed by atoms with van der Waals surface area (Å²) in [6.45, 7) is 6.23. The molecule has 1 atom stereocenters. The zero-order chi connectivity index (χ0) is 19.7. The monoisotopic (exact) mass is 368 g/mol. The van der Waals surface area contributed by atoms with E-state index < -0.39 is 17.8 Å². The lowest BCUT2D eigenvalue weighted by Crippen LogP contribution is -2.34. The Morgan fingerprint density at radius 2 is 2.00 bits per heavy atom. The lowest BCUT2D eigenvalue weighted by Gasteiger charge is -2.25. The summed E-state index contributed by atoms with van der Waals surface area (Å²) in [5.41, 5.74) is 6.88. The third kappa shape index (κ3) is 8.03. The van der Waals surface area contributed by atoms with Crippen LogP contribution in [0.5, 0.6) is 5.75 Å². The Labute approximate surface area is 156 Å². The van der Waals surface area contributed by atoms with Crippen molar-refractivity contribution in [2.45, 2.75) is 51.9 Å². The topological polar surface area (TPSA) is 94.2 Å². The number of nitrogens with two attached hydrogens (primary N) is 1. The fourth-order valence-electron chi connectivity index (χ4n) is 2.31. The van der Waals surface area contributed by atoms with Crippen LogP contribution in [-0.2, 0) is 22.4 Å². The molecule has 0 radical (unpaired) electrons. The van der Waals surface area contributed by atoms with Crippen molar-refractivity contribution >= 4 is 6.09 Å². The van der Waals surface area contributed by atoms with E-state index in [1.807, 2.05) is 39.0 Å². The van der Waals surface area contributed by atoms with Crippen molar-refractivity contribution in [3.05, 3.63) is 29.3 Å². The third-order valence-corrected chi connectivity index (χ3v) is 3.65. The molecule has 0 aliphatic rings. The number of amides is 1. The zero-order valence-corrected chi connectivity index (χ0v) is 16.4. The quantitative estimate of drug-likeness (QED) is 0.650. The van der Waals surface area contributed by atoms with Gasteiger partial charge in [0.1, 0.15) is 11.4 Å². The van der Waals surface area contributed by atoms with Gasteiger partial charge in [-0.1, -0.05) is 6.07 Å². The second kappa shape index (κ2) is 10.4. The molecule has 0 saturated carbocycles. The molecular weight excluding hydrogens is 336 g/mol. The standard InChI is InChI=1S/C19H32N2O5/c1-19(2,3)26-18(23)21(4)12-15-10-17(25-13-24-5)9-7-14(15)6-8-16(22)11-20/h7,9-10,16,22H,6,8,11-13,20H2,1-5H3/t16-/m0/s1. The Balaban J connectivity index is 2.92. The number of aliphatic hydroxyl groups excluding tert-OH is 1. The van der Waals surface area contributed by atoms with E-state index in [1.165, 1.54) is 4.90 Å². The number of ether oxygens (including phenoxy) is 3. The smallest absolute Gasteiger partial charge is 0.410 e. The maximum absolute atomic E-state index is 12.2. The van der Waals surface area contributed by atoms with Gasteiger partial charge in [-0.2, -0.15) is 0 Å². The normalized spacial score (nSPS) is 12.6. The van der Waals surface area contributed by atoms with E-state index in [2.05, 4.69) is 0 Å². The van der Waals surface area contributed by atoms with Gasteiger partial charge in [0.05, 0.1) is 6.10 Å². The molecule has 7 heteroatoms. The maximum atomic E-state index is 12.2. The first-order valence-corrected chi connectivity index (χ1v) is 8.72. The van der Waals surface area contributed by atoms with E-state index in [0.29, 0.717) is 25.1 Å². The number of benzene rings is 1. The number of aliphatic hydroxyl groups is 1. The van der Waals surface area contributed by atoms with Crippen molar-refractivity contribution in [1.82, 2.24) is 4.90 Å². The van der Waals surface area contributed by atoms with Gasteiger partial charge in [0.15, 0.2) is 6.79 Å². The van der Waals surface area contributed by atoms with Crippen molar-refractivity contribution in [1.29, 1.82) is 0 Å². The summed E-state index contributed by atoms with van der Waals surface area (Å²) in [5, 5.41) is 9.73. The molecule has 1 aromatic carbocycles. The molecule has 1 rings (SSSR count). The molecule has 0 heterocycles. The molecule has 0 aromatic heterocycles. The Hall–Kier alpha value is -1.83. The van der Waals surface area contributed by atoms with Crippen LogP contribution in [0.1, 0.15) is 38.3 Å². The molecule has 148 valence electrons. The average Bonchev–Trinajstić information content (AvgIpc) is 2.57. The summed E-state index contributed by atoms with van der Waals surface area (Å²) >= 11 is 0. The van der Waals surface area contributed by atoms with Gasteiger partial charge in [0, 0.05) is 27.2 Å². The SMILES string of the molecule is COCOc1ccc(CC[C@H](O)CN)c(CN(C)C(=O)OC(C)(C)C)c1. The molecule has 0 fully saturated rings. The highest BCUT2D eigenvalue weighted by atomic mass is 16.7. The van der Waals surface area contributed by atoms with Gasteiger partial charge in [0.2, 0.25) is 0 Å². The van der Waals surface area contributed by atoms with Gasteiger partial charge >= 0.3 is 6.09 Å². The third-order valence-electron chi connectivity index (χ3n) is 3.65. The Bertz CT molecular complexity index is 572. The van der Waals surface area contributed by atoms with Crippen molar-refractivity contribution in [3.63, 3.8) is 0 Å². The van der Waals surface area contributed by atoms with Gasteiger partial charge in [-0.05, 0) is 56.9 Å². The van der Waals surface area contributed by atoms with Crippen molar-refractivity contribution < 1.29 is 24.1 Å². The fourth-order valence-corrected chi connectivity index (χ4v) is 2.31. The fraction of sp³-hybridized carbons (Fsp3) is 0.632. The molecular formula is C19H32N2O5. The number of aryl methyl sites for hydroxylation is 1. The Morgan fingerprint density at radius 1 is 1.31 bits per heavy atom. The molecule has 0 spiro atoms. The molecule has 1 amide bonds. The van der Waals surface area contributed by atoms with Crippen LogP contribution in [0.4, 0.5) is 4.79 Å². The summed E-state index contributed by atoms with van der Waals surface area (Å²) < 4.78 is 15.8. The van der Waals surface area contributed by atoms with E-state index in [1.54, 1.807) is 14.2 Å². The molecule has 1 aromatic rings. The van der Waals surface area contributed by atoms with Crippen LogP contribution in [0.25, 0.3) is 0 Å². The highest BCUT2D eigenvalue weighted by molar-refractivity contribution is 5.67. The number of hydrogen-bond acceptors (Lipinski definition) is 6. The van der Waals surface area contributed by atoms with Crippen LogP contribution in [0.3, 0.4) is 0 Å². The number of nitrogens with zero attached hydrogens (tertiary/aromatic N) is 1. The molecule has 0 saturated heterocycles. The lowest BCUT2D eigenvalue weighted by molar-refractivity contribution is 0.0283. The number of rotatable bonds is 9. The lowest BCUT2D eigenvalue weighted by atomic mass is 10.00. The molecule has 7 nitrogen and oxygen atoms in total. The first kappa shape index (κ1) is 22.2. The summed E-state index contributed by atoms with van der Waals surface area (Å²) in [7, 11) is 3.25. The molecule has 26 heavy (non-hydrogen) atoms. The van der Waals surface area contributed by atoms with Gasteiger partial charge in [-0.15, -0.1) is 0 Å². The van der Waals surface area contributed by atoms with E-state index in [9.17, 15) is 9.90 Å². The van der Waals surface area contributed by atoms with E-state index in [-0.39, 0.29) is 13.3 Å². The average molecular weight is 368 g/mol. The number of methoxy groups -OCH3 is 1. The maximum Gasteiger partial charge on any atom is 0.410 e. The number of carbonyl (C=O) groups is 1. The van der Waals surface area contributed by atoms with Crippen LogP contribution < -0.4 is 10.5 Å². The molecule has 0 bridgehead atoms. The van der Waals surface area contributed by atoms with Gasteiger partial charge in [-0.3, -0.25) is 0 Å². The molecule has 3 N–H and O–H groups in total. The molecule has 0 aliphatic carbocycles. The Kier molecular flexibility index (Phi) is 8.84. The second-order valence-corrected chi connectivity index (χ2v) is 7.25. The van der Waals surface area contributed by atoms with Gasteiger partial charge < -0.3 is 30.0 Å².